The number of ether oxygens (including phenoxy) is 5. The van der Waals surface area contributed by atoms with Crippen LogP contribution in [0.1, 0.15) is 77.3 Å². The van der Waals surface area contributed by atoms with Crippen molar-refractivity contribution in [1.82, 2.24) is 0 Å². The maximum atomic E-state index is 13.3. The van der Waals surface area contributed by atoms with Crippen LogP contribution in [0.4, 0.5) is 13.2 Å². The molecule has 0 amide bonds. The summed E-state index contributed by atoms with van der Waals surface area (Å²) in [5.41, 5.74) is -4.25. The van der Waals surface area contributed by atoms with E-state index < -0.39 is 66.7 Å². The van der Waals surface area contributed by atoms with Crippen LogP contribution in [-0.2, 0) is 55.6 Å². The normalized spacial score (nSPS) is 29.9. The average molecular weight is 773 g/mol. The smallest absolute Gasteiger partial charge is 0.411 e. The van der Waals surface area contributed by atoms with Gasteiger partial charge in [-0.1, -0.05) is 81.4 Å². The molecule has 292 valence electrons. The molecule has 3 heterocycles. The maximum Gasteiger partial charge on any atom is 0.523 e. The molecule has 3 aliphatic rings. The fraction of sp³-hybridized carbons (Fsp3) is 0.684. The molecule has 0 aromatic heterocycles. The second-order valence-corrected chi connectivity index (χ2v) is 20.8. The number of benzene rings is 2. The Balaban J connectivity index is 1.33. The zero-order chi connectivity index (χ0) is 37.4. The molecule has 9 nitrogen and oxygen atoms in total. The van der Waals surface area contributed by atoms with Crippen molar-refractivity contribution in [3.8, 4) is 0 Å². The largest absolute Gasteiger partial charge is 0.523 e. The van der Waals surface area contributed by atoms with Crippen molar-refractivity contribution >= 4 is 18.4 Å². The molecule has 0 N–H and O–H groups in total. The molecule has 3 saturated heterocycles. The summed E-state index contributed by atoms with van der Waals surface area (Å²) in [5, 5.41) is 0. The van der Waals surface area contributed by atoms with Crippen LogP contribution in [0.5, 0.6) is 0 Å². The van der Waals surface area contributed by atoms with E-state index in [0.717, 1.165) is 42.1 Å². The van der Waals surface area contributed by atoms with Crippen molar-refractivity contribution in [2.75, 3.05) is 13.2 Å². The van der Waals surface area contributed by atoms with E-state index in [2.05, 4.69) is 25.0 Å². The number of fused-ring (bicyclic) bond motifs is 2. The third-order valence-electron chi connectivity index (χ3n) is 11.0. The number of hydrogen-bond donors (Lipinski definition) is 0. The molecule has 0 unspecified atom stereocenters. The molecule has 14 heteroatoms. The van der Waals surface area contributed by atoms with Crippen molar-refractivity contribution in [1.29, 1.82) is 0 Å². The minimum Gasteiger partial charge on any atom is -0.411 e. The van der Waals surface area contributed by atoms with Crippen LogP contribution in [0.2, 0.25) is 18.1 Å². The summed E-state index contributed by atoms with van der Waals surface area (Å²) in [4.78, 5) is 0. The standard InChI is InChI=1S/C38H55F3O9SSi/c1-5-52(6-2,7-3)50-31-20-21-37(4)35(48-34(31)27-46-51(42,43)38(39,40)41)24-33-36(49-37)32(45-26-29-17-12-9-13-18-29)23-30(47-33)19-14-22-44-25-28-15-10-8-11-16-28/h8-13,15-18,30-36H,5-7,14,19-27H2,1-4H3/t30-,31+,32+,33-,34-,35+,36+,37-/m1/s1. The summed E-state index contributed by atoms with van der Waals surface area (Å²) < 4.78 is 108. The second-order valence-electron chi connectivity index (χ2n) is 14.5. The highest BCUT2D eigenvalue weighted by atomic mass is 32.2. The molecule has 0 radical (unpaired) electrons. The van der Waals surface area contributed by atoms with E-state index in [1.54, 1.807) is 0 Å². The lowest BCUT2D eigenvalue weighted by molar-refractivity contribution is -0.298. The fourth-order valence-corrected chi connectivity index (χ4v) is 11.0. The molecule has 8 atom stereocenters. The molecule has 0 bridgehead atoms. The molecule has 5 rings (SSSR count). The number of alkyl halides is 3. The van der Waals surface area contributed by atoms with E-state index >= 15 is 0 Å². The average Bonchev–Trinajstić information content (AvgIpc) is 3.26. The Morgan fingerprint density at radius 3 is 2.13 bits per heavy atom. The molecule has 0 aliphatic carbocycles. The molecule has 3 fully saturated rings. The van der Waals surface area contributed by atoms with Gasteiger partial charge in [0.25, 0.3) is 0 Å². The summed E-state index contributed by atoms with van der Waals surface area (Å²) in [6, 6.07) is 22.4. The Bertz CT molecular complexity index is 1470. The van der Waals surface area contributed by atoms with E-state index in [9.17, 15) is 21.6 Å². The van der Waals surface area contributed by atoms with Crippen LogP contribution in [-0.4, -0.2) is 83.8 Å². The van der Waals surface area contributed by atoms with Crippen molar-refractivity contribution in [2.45, 2.75) is 151 Å². The number of halogens is 3. The van der Waals surface area contributed by atoms with Crippen molar-refractivity contribution in [2.24, 2.45) is 0 Å². The molecule has 3 aliphatic heterocycles. The van der Waals surface area contributed by atoms with Gasteiger partial charge < -0.3 is 28.1 Å². The Labute approximate surface area is 308 Å². The van der Waals surface area contributed by atoms with E-state index in [4.69, 9.17) is 28.1 Å². The zero-order valence-electron chi connectivity index (χ0n) is 30.7. The Kier molecular flexibility index (Phi) is 14.4. The first-order valence-electron chi connectivity index (χ1n) is 18.7. The third-order valence-corrected chi connectivity index (χ3v) is 16.7. The highest BCUT2D eigenvalue weighted by molar-refractivity contribution is 7.87. The van der Waals surface area contributed by atoms with Crippen LogP contribution in [0.15, 0.2) is 60.7 Å². The summed E-state index contributed by atoms with van der Waals surface area (Å²) in [5.74, 6) is 0. The van der Waals surface area contributed by atoms with Gasteiger partial charge in [0.1, 0.15) is 12.2 Å². The lowest BCUT2D eigenvalue weighted by Crippen LogP contribution is -2.62. The molecule has 52 heavy (non-hydrogen) atoms. The van der Waals surface area contributed by atoms with Gasteiger partial charge in [0.15, 0.2) is 8.32 Å². The quantitative estimate of drug-likeness (QED) is 0.0685. The van der Waals surface area contributed by atoms with Gasteiger partial charge in [0, 0.05) is 19.4 Å². The Hall–Kier alpha value is -1.88. The second kappa shape index (κ2) is 18.2. The van der Waals surface area contributed by atoms with Gasteiger partial charge in [0.05, 0.1) is 55.9 Å². The minimum absolute atomic E-state index is 0.140. The van der Waals surface area contributed by atoms with Gasteiger partial charge in [0.2, 0.25) is 0 Å². The van der Waals surface area contributed by atoms with Gasteiger partial charge in [-0.3, -0.25) is 4.18 Å². The van der Waals surface area contributed by atoms with Crippen LogP contribution < -0.4 is 0 Å². The van der Waals surface area contributed by atoms with Gasteiger partial charge in [-0.05, 0) is 61.9 Å². The molecule has 2 aromatic carbocycles. The molecule has 2 aromatic rings. The molecule has 0 saturated carbocycles. The zero-order valence-corrected chi connectivity index (χ0v) is 32.5. The summed E-state index contributed by atoms with van der Waals surface area (Å²) >= 11 is 0. The van der Waals surface area contributed by atoms with Gasteiger partial charge in [-0.25, -0.2) is 0 Å². The lowest BCUT2D eigenvalue weighted by Gasteiger charge is -2.52. The highest BCUT2D eigenvalue weighted by Gasteiger charge is 2.56. The summed E-state index contributed by atoms with van der Waals surface area (Å²) in [6.45, 7) is 8.82. The van der Waals surface area contributed by atoms with Crippen LogP contribution >= 0.6 is 0 Å². The van der Waals surface area contributed by atoms with Crippen molar-refractivity contribution in [3.05, 3.63) is 71.8 Å². The van der Waals surface area contributed by atoms with E-state index in [0.29, 0.717) is 45.5 Å². The molecular weight excluding hydrogens is 718 g/mol. The number of hydrogen-bond acceptors (Lipinski definition) is 9. The predicted octanol–water partition coefficient (Wildman–Crippen LogP) is 8.08. The Morgan fingerprint density at radius 1 is 0.885 bits per heavy atom. The first-order chi connectivity index (χ1) is 24.8. The van der Waals surface area contributed by atoms with Gasteiger partial charge in [-0.15, -0.1) is 0 Å². The summed E-state index contributed by atoms with van der Waals surface area (Å²) in [7, 11) is -8.13. The van der Waals surface area contributed by atoms with E-state index in [-0.39, 0.29) is 12.2 Å². The van der Waals surface area contributed by atoms with Gasteiger partial charge >= 0.3 is 15.6 Å². The monoisotopic (exact) mass is 772 g/mol. The summed E-state index contributed by atoms with van der Waals surface area (Å²) in [6.07, 6.45) is -0.165. The molecular formula is C38H55F3O9SSi. The predicted molar refractivity (Wildman–Crippen MR) is 192 cm³/mol. The van der Waals surface area contributed by atoms with Crippen molar-refractivity contribution < 1.29 is 53.9 Å². The Morgan fingerprint density at radius 2 is 1.52 bits per heavy atom. The maximum absolute atomic E-state index is 13.3. The highest BCUT2D eigenvalue weighted by Crippen LogP contribution is 2.45. The molecule has 0 spiro atoms. The fourth-order valence-electron chi connectivity index (χ4n) is 7.66. The van der Waals surface area contributed by atoms with E-state index in [1.807, 2.05) is 67.6 Å². The number of rotatable bonds is 17. The van der Waals surface area contributed by atoms with Crippen LogP contribution in [0.25, 0.3) is 0 Å². The third kappa shape index (κ3) is 10.4. The minimum atomic E-state index is -5.84. The lowest BCUT2D eigenvalue weighted by atomic mass is 9.81. The van der Waals surface area contributed by atoms with Crippen molar-refractivity contribution in [3.63, 3.8) is 0 Å². The van der Waals surface area contributed by atoms with Crippen LogP contribution in [0.3, 0.4) is 0 Å². The van der Waals surface area contributed by atoms with Gasteiger partial charge in [-0.2, -0.15) is 21.6 Å². The first-order valence-corrected chi connectivity index (χ1v) is 22.6. The topological polar surface area (TPSA) is 98.8 Å². The van der Waals surface area contributed by atoms with Crippen LogP contribution in [0, 0.1) is 0 Å². The van der Waals surface area contributed by atoms with E-state index in [1.165, 1.54) is 0 Å². The SMILES string of the molecule is CC[Si](CC)(CC)O[C@H]1CC[C@@]2(C)O[C@H]3[C@@H](OCc4ccccc4)C[C@@H](CCCOCc4ccccc4)O[C@@H]3C[C@@H]2O[C@@H]1COS(=O)(=O)C(F)(F)F. The first kappa shape index (κ1) is 41.3.